The largest absolute Gasteiger partial charge is 0.374 e. The molecule has 1 saturated carbocycles. The van der Waals surface area contributed by atoms with Gasteiger partial charge in [-0.05, 0) is 19.4 Å². The zero-order chi connectivity index (χ0) is 12.8. The van der Waals surface area contributed by atoms with Crippen molar-refractivity contribution < 1.29 is 4.74 Å². The van der Waals surface area contributed by atoms with Crippen LogP contribution < -0.4 is 5.32 Å². The molecule has 0 bridgehead atoms. The van der Waals surface area contributed by atoms with Crippen LogP contribution in [-0.2, 0) is 4.74 Å². The van der Waals surface area contributed by atoms with Gasteiger partial charge in [0.15, 0.2) is 0 Å². The highest BCUT2D eigenvalue weighted by atomic mass is 35.5. The van der Waals surface area contributed by atoms with Crippen LogP contribution in [-0.4, -0.2) is 55.2 Å². The van der Waals surface area contributed by atoms with Crippen molar-refractivity contribution in [3.8, 4) is 0 Å². The van der Waals surface area contributed by atoms with Crippen LogP contribution in [0, 0.1) is 0 Å². The number of ether oxygens (including phenoxy) is 1. The molecule has 1 aliphatic carbocycles. The Morgan fingerprint density at radius 2 is 2.11 bits per heavy atom. The molecule has 3 atom stereocenters. The first-order chi connectivity index (χ1) is 8.79. The van der Waals surface area contributed by atoms with E-state index >= 15 is 0 Å². The Morgan fingerprint density at radius 1 is 1.28 bits per heavy atom. The van der Waals surface area contributed by atoms with E-state index in [1.54, 1.807) is 0 Å². The fourth-order valence-electron chi connectivity index (χ4n) is 2.97. The molecule has 1 N–H and O–H groups in total. The molecular formula is C14H27ClN2O. The van der Waals surface area contributed by atoms with Crippen molar-refractivity contribution in [1.82, 2.24) is 10.2 Å². The minimum atomic E-state index is 0.304. The smallest absolute Gasteiger partial charge is 0.0826 e. The molecule has 0 spiro atoms. The first-order valence-electron chi connectivity index (χ1n) is 7.51. The van der Waals surface area contributed by atoms with Crippen LogP contribution in [0.4, 0.5) is 0 Å². The molecule has 0 aromatic heterocycles. The van der Waals surface area contributed by atoms with Crippen molar-refractivity contribution in [2.24, 2.45) is 0 Å². The van der Waals surface area contributed by atoms with Gasteiger partial charge in [-0.2, -0.15) is 0 Å². The molecule has 0 amide bonds. The maximum Gasteiger partial charge on any atom is 0.0826 e. The van der Waals surface area contributed by atoms with E-state index in [1.165, 1.54) is 25.7 Å². The van der Waals surface area contributed by atoms with E-state index in [1.807, 2.05) is 0 Å². The molecule has 1 saturated heterocycles. The fraction of sp³-hybridized carbons (Fsp3) is 1.00. The monoisotopic (exact) mass is 274 g/mol. The first-order valence-corrected chi connectivity index (χ1v) is 7.94. The second-order valence-corrected chi connectivity index (χ2v) is 6.12. The number of alkyl halides is 1. The lowest BCUT2D eigenvalue weighted by atomic mass is 10.1. The molecule has 2 rings (SSSR count). The summed E-state index contributed by atoms with van der Waals surface area (Å²) in [6, 6.07) is 0.481. The maximum atomic E-state index is 6.45. The van der Waals surface area contributed by atoms with Gasteiger partial charge in [-0.25, -0.2) is 0 Å². The summed E-state index contributed by atoms with van der Waals surface area (Å²) >= 11 is 6.45. The van der Waals surface area contributed by atoms with Crippen LogP contribution in [0.25, 0.3) is 0 Å². The predicted octanol–water partition coefficient (Wildman–Crippen LogP) is 2.24. The van der Waals surface area contributed by atoms with Gasteiger partial charge >= 0.3 is 0 Å². The van der Waals surface area contributed by atoms with E-state index in [-0.39, 0.29) is 0 Å². The number of hydrogen-bond donors (Lipinski definition) is 1. The van der Waals surface area contributed by atoms with E-state index in [0.29, 0.717) is 17.5 Å². The lowest BCUT2D eigenvalue weighted by molar-refractivity contribution is -0.0264. The van der Waals surface area contributed by atoms with Gasteiger partial charge in [0, 0.05) is 31.1 Å². The minimum Gasteiger partial charge on any atom is -0.374 e. The summed E-state index contributed by atoms with van der Waals surface area (Å²) in [5, 5.41) is 3.95. The van der Waals surface area contributed by atoms with Crippen LogP contribution in [0.3, 0.4) is 0 Å². The topological polar surface area (TPSA) is 24.5 Å². The number of likely N-dealkylation sites (N-methyl/N-ethyl adjacent to an activating group) is 1. The molecule has 0 aromatic carbocycles. The highest BCUT2D eigenvalue weighted by Gasteiger charge is 2.24. The summed E-state index contributed by atoms with van der Waals surface area (Å²) < 4.78 is 5.82. The molecule has 106 valence electrons. The quantitative estimate of drug-likeness (QED) is 0.629. The summed E-state index contributed by atoms with van der Waals surface area (Å²) in [7, 11) is 0. The van der Waals surface area contributed by atoms with Gasteiger partial charge in [0.05, 0.1) is 12.7 Å². The first kappa shape index (κ1) is 14.6. The van der Waals surface area contributed by atoms with Crippen molar-refractivity contribution in [2.75, 3.05) is 32.8 Å². The molecule has 4 heteroatoms. The Labute approximate surface area is 116 Å². The normalized spacial score (nSPS) is 35.3. The lowest BCUT2D eigenvalue weighted by Crippen LogP contribution is -2.49. The SMILES string of the molecule is CCN1CCOC(CNC2CCCCCC2Cl)C1. The minimum absolute atomic E-state index is 0.304. The molecule has 0 radical (unpaired) electrons. The summed E-state index contributed by atoms with van der Waals surface area (Å²) in [5.41, 5.74) is 0. The number of rotatable bonds is 4. The molecule has 1 heterocycles. The van der Waals surface area contributed by atoms with Crippen LogP contribution in [0.15, 0.2) is 0 Å². The highest BCUT2D eigenvalue weighted by Crippen LogP contribution is 2.22. The summed E-state index contributed by atoms with van der Waals surface area (Å²) in [5.74, 6) is 0. The van der Waals surface area contributed by atoms with E-state index < -0.39 is 0 Å². The molecule has 2 aliphatic rings. The highest BCUT2D eigenvalue weighted by molar-refractivity contribution is 6.21. The van der Waals surface area contributed by atoms with Gasteiger partial charge in [0.25, 0.3) is 0 Å². The standard InChI is InChI=1S/C14H27ClN2O/c1-2-17-8-9-18-12(11-17)10-16-14-7-5-3-4-6-13(14)15/h12-14,16H,2-11H2,1H3. The van der Waals surface area contributed by atoms with E-state index in [4.69, 9.17) is 16.3 Å². The molecule has 0 aromatic rings. The Balaban J connectivity index is 1.72. The van der Waals surface area contributed by atoms with Gasteiger partial charge in [-0.3, -0.25) is 4.90 Å². The summed E-state index contributed by atoms with van der Waals surface area (Å²) in [4.78, 5) is 2.46. The van der Waals surface area contributed by atoms with E-state index in [2.05, 4.69) is 17.1 Å². The molecule has 18 heavy (non-hydrogen) atoms. The number of morpholine rings is 1. The second kappa shape index (κ2) is 7.68. The summed E-state index contributed by atoms with van der Waals surface area (Å²) in [6.07, 6.45) is 6.66. The van der Waals surface area contributed by atoms with Gasteiger partial charge in [-0.1, -0.05) is 26.2 Å². The Kier molecular flexibility index (Phi) is 6.22. The van der Waals surface area contributed by atoms with Gasteiger partial charge < -0.3 is 10.1 Å². The number of hydrogen-bond acceptors (Lipinski definition) is 3. The van der Waals surface area contributed by atoms with Gasteiger partial charge in [0.2, 0.25) is 0 Å². The van der Waals surface area contributed by atoms with Crippen molar-refractivity contribution in [2.45, 2.75) is 56.6 Å². The maximum absolute atomic E-state index is 6.45. The van der Waals surface area contributed by atoms with E-state index in [0.717, 1.165) is 39.2 Å². The lowest BCUT2D eigenvalue weighted by Gasteiger charge is -2.33. The van der Waals surface area contributed by atoms with Crippen LogP contribution in [0.5, 0.6) is 0 Å². The number of nitrogens with one attached hydrogen (secondary N) is 1. The van der Waals surface area contributed by atoms with Gasteiger partial charge in [-0.15, -0.1) is 11.6 Å². The number of halogens is 1. The zero-order valence-electron chi connectivity index (χ0n) is 11.5. The average Bonchev–Trinajstić information content (AvgIpc) is 2.61. The zero-order valence-corrected chi connectivity index (χ0v) is 12.3. The van der Waals surface area contributed by atoms with Crippen LogP contribution >= 0.6 is 11.6 Å². The van der Waals surface area contributed by atoms with E-state index in [9.17, 15) is 0 Å². The Hall–Kier alpha value is 0.170. The molecule has 3 unspecified atom stereocenters. The van der Waals surface area contributed by atoms with Crippen LogP contribution in [0.1, 0.15) is 39.0 Å². The average molecular weight is 275 g/mol. The molecule has 3 nitrogen and oxygen atoms in total. The van der Waals surface area contributed by atoms with Crippen molar-refractivity contribution in [1.29, 1.82) is 0 Å². The van der Waals surface area contributed by atoms with Crippen molar-refractivity contribution in [3.05, 3.63) is 0 Å². The number of nitrogens with zero attached hydrogens (tertiary/aromatic N) is 1. The van der Waals surface area contributed by atoms with Crippen molar-refractivity contribution >= 4 is 11.6 Å². The third-order valence-electron chi connectivity index (χ3n) is 4.21. The summed E-state index contributed by atoms with van der Waals surface area (Å²) in [6.45, 7) is 7.30. The molecule has 2 fully saturated rings. The predicted molar refractivity (Wildman–Crippen MR) is 76.4 cm³/mol. The Morgan fingerprint density at radius 3 is 2.94 bits per heavy atom. The second-order valence-electron chi connectivity index (χ2n) is 5.55. The third kappa shape index (κ3) is 4.37. The van der Waals surface area contributed by atoms with Crippen LogP contribution in [0.2, 0.25) is 0 Å². The molecular weight excluding hydrogens is 248 g/mol. The van der Waals surface area contributed by atoms with Gasteiger partial charge in [0.1, 0.15) is 0 Å². The molecule has 1 aliphatic heterocycles. The van der Waals surface area contributed by atoms with Crippen molar-refractivity contribution in [3.63, 3.8) is 0 Å². The Bertz CT molecular complexity index is 240. The third-order valence-corrected chi connectivity index (χ3v) is 4.73. The fourth-order valence-corrected chi connectivity index (χ4v) is 3.34.